The van der Waals surface area contributed by atoms with E-state index in [2.05, 4.69) is 0 Å². The first-order valence-corrected chi connectivity index (χ1v) is 7.87. The van der Waals surface area contributed by atoms with E-state index < -0.39 is 10.7 Å². The lowest BCUT2D eigenvalue weighted by molar-refractivity contribution is -0.158. The fourth-order valence-electron chi connectivity index (χ4n) is 2.39. The molecule has 0 radical (unpaired) electrons. The van der Waals surface area contributed by atoms with E-state index in [4.69, 9.17) is 9.57 Å². The maximum absolute atomic E-state index is 11.7. The van der Waals surface area contributed by atoms with Gasteiger partial charge in [0.1, 0.15) is 10.5 Å². The normalized spacial score (nSPS) is 18.4. The van der Waals surface area contributed by atoms with Crippen LogP contribution in [0.2, 0.25) is 0 Å². The Morgan fingerprint density at radius 2 is 1.90 bits per heavy atom. The van der Waals surface area contributed by atoms with E-state index in [1.54, 1.807) is 14.2 Å². The molecular weight excluding hydrogens is 290 g/mol. The number of piperidine rings is 1. The highest BCUT2D eigenvalue weighted by molar-refractivity contribution is 8.00. The van der Waals surface area contributed by atoms with Gasteiger partial charge < -0.3 is 14.7 Å². The van der Waals surface area contributed by atoms with Gasteiger partial charge in [-0.3, -0.25) is 4.79 Å². The number of carboxylic acid groups (broad SMARTS) is 1. The van der Waals surface area contributed by atoms with E-state index >= 15 is 0 Å². The molecule has 0 amide bonds. The van der Waals surface area contributed by atoms with Crippen molar-refractivity contribution in [2.45, 2.75) is 23.3 Å². The van der Waals surface area contributed by atoms with Crippen LogP contribution in [0.15, 0.2) is 24.3 Å². The third kappa shape index (κ3) is 3.90. The van der Waals surface area contributed by atoms with Crippen molar-refractivity contribution in [1.82, 2.24) is 5.06 Å². The summed E-state index contributed by atoms with van der Waals surface area (Å²) in [6, 6.07) is 7.76. The predicted molar refractivity (Wildman–Crippen MR) is 82.5 cm³/mol. The Labute approximate surface area is 129 Å². The second-order valence-electron chi connectivity index (χ2n) is 5.05. The lowest BCUT2D eigenvalue weighted by atomic mass is 9.97. The standard InChI is InChI=1S/C15H21NO4S/c1-19-13-5-3-12(4-6-13)11-21-15(14(17)18)7-9-16(20-2)10-8-15/h3-6H,7-11H2,1-2H3,(H,17,18). The van der Waals surface area contributed by atoms with Gasteiger partial charge in [-0.05, 0) is 30.5 Å². The number of rotatable bonds is 6. The second kappa shape index (κ2) is 7.15. The predicted octanol–water partition coefficient (Wildman–Crippen LogP) is 2.41. The first-order chi connectivity index (χ1) is 10.1. The lowest BCUT2D eigenvalue weighted by Gasteiger charge is -2.37. The zero-order valence-corrected chi connectivity index (χ0v) is 13.2. The highest BCUT2D eigenvalue weighted by atomic mass is 32.2. The monoisotopic (exact) mass is 311 g/mol. The molecule has 0 bridgehead atoms. The van der Waals surface area contributed by atoms with Crippen LogP contribution in [-0.2, 0) is 15.4 Å². The number of aliphatic carboxylic acids is 1. The molecule has 1 saturated heterocycles. The zero-order valence-electron chi connectivity index (χ0n) is 12.4. The van der Waals surface area contributed by atoms with Crippen LogP contribution in [0.3, 0.4) is 0 Å². The molecule has 116 valence electrons. The fourth-order valence-corrected chi connectivity index (χ4v) is 3.62. The van der Waals surface area contributed by atoms with Crippen LogP contribution in [0.25, 0.3) is 0 Å². The zero-order chi connectivity index (χ0) is 15.3. The van der Waals surface area contributed by atoms with Gasteiger partial charge in [-0.1, -0.05) is 12.1 Å². The van der Waals surface area contributed by atoms with E-state index in [-0.39, 0.29) is 0 Å². The molecule has 0 spiro atoms. The van der Waals surface area contributed by atoms with Crippen molar-refractivity contribution in [2.24, 2.45) is 0 Å². The number of carboxylic acids is 1. The summed E-state index contributed by atoms with van der Waals surface area (Å²) in [7, 11) is 3.25. The van der Waals surface area contributed by atoms with Crippen LogP contribution >= 0.6 is 11.8 Å². The summed E-state index contributed by atoms with van der Waals surface area (Å²) in [5, 5.41) is 11.4. The highest BCUT2D eigenvalue weighted by Crippen LogP contribution is 2.38. The van der Waals surface area contributed by atoms with E-state index in [1.165, 1.54) is 11.8 Å². The molecule has 1 fully saturated rings. The fraction of sp³-hybridized carbons (Fsp3) is 0.533. The highest BCUT2D eigenvalue weighted by Gasteiger charge is 2.42. The van der Waals surface area contributed by atoms with Crippen molar-refractivity contribution in [2.75, 3.05) is 27.3 Å². The lowest BCUT2D eigenvalue weighted by Crippen LogP contribution is -2.46. The number of thioether (sulfide) groups is 1. The summed E-state index contributed by atoms with van der Waals surface area (Å²) in [5.74, 6) is 0.769. The summed E-state index contributed by atoms with van der Waals surface area (Å²) < 4.78 is 4.41. The van der Waals surface area contributed by atoms with Crippen LogP contribution < -0.4 is 4.74 Å². The van der Waals surface area contributed by atoms with Gasteiger partial charge in [-0.2, -0.15) is 5.06 Å². The number of hydrogen-bond donors (Lipinski definition) is 1. The molecule has 1 aliphatic heterocycles. The Morgan fingerprint density at radius 1 is 1.29 bits per heavy atom. The Hall–Kier alpha value is -1.24. The average Bonchev–Trinajstić information content (AvgIpc) is 2.53. The number of methoxy groups -OCH3 is 1. The topological polar surface area (TPSA) is 59.0 Å². The van der Waals surface area contributed by atoms with E-state index in [9.17, 15) is 9.90 Å². The molecule has 0 atom stereocenters. The minimum atomic E-state index is -0.725. The van der Waals surface area contributed by atoms with Crippen molar-refractivity contribution >= 4 is 17.7 Å². The van der Waals surface area contributed by atoms with E-state index in [0.29, 0.717) is 31.7 Å². The second-order valence-corrected chi connectivity index (χ2v) is 6.41. The molecule has 0 aromatic heterocycles. The maximum atomic E-state index is 11.7. The van der Waals surface area contributed by atoms with Crippen LogP contribution in [0, 0.1) is 0 Å². The number of hydroxylamine groups is 2. The summed E-state index contributed by atoms with van der Waals surface area (Å²) in [6.07, 6.45) is 1.19. The summed E-state index contributed by atoms with van der Waals surface area (Å²) in [6.45, 7) is 1.30. The van der Waals surface area contributed by atoms with Crippen LogP contribution in [-0.4, -0.2) is 48.2 Å². The SMILES string of the molecule is COc1ccc(CSC2(C(=O)O)CCN(OC)CC2)cc1. The smallest absolute Gasteiger partial charge is 0.319 e. The largest absolute Gasteiger partial charge is 0.497 e. The Balaban J connectivity index is 1.98. The molecule has 1 N–H and O–H groups in total. The molecule has 0 unspecified atom stereocenters. The average molecular weight is 311 g/mol. The van der Waals surface area contributed by atoms with Crippen molar-refractivity contribution in [3.8, 4) is 5.75 Å². The third-order valence-corrected chi connectivity index (χ3v) is 5.47. The third-order valence-electron chi connectivity index (χ3n) is 3.85. The molecular formula is C15H21NO4S. The summed E-state index contributed by atoms with van der Waals surface area (Å²) in [5.41, 5.74) is 1.11. The Bertz CT molecular complexity index is 469. The summed E-state index contributed by atoms with van der Waals surface area (Å²) in [4.78, 5) is 16.9. The van der Waals surface area contributed by atoms with Crippen molar-refractivity contribution < 1.29 is 19.5 Å². The van der Waals surface area contributed by atoms with Gasteiger partial charge in [0, 0.05) is 18.8 Å². The molecule has 21 heavy (non-hydrogen) atoms. The van der Waals surface area contributed by atoms with Crippen LogP contribution in [0.1, 0.15) is 18.4 Å². The van der Waals surface area contributed by atoms with Gasteiger partial charge in [0.2, 0.25) is 0 Å². The first kappa shape index (κ1) is 16.1. The van der Waals surface area contributed by atoms with Crippen molar-refractivity contribution in [3.05, 3.63) is 29.8 Å². The van der Waals surface area contributed by atoms with Crippen molar-refractivity contribution in [3.63, 3.8) is 0 Å². The van der Waals surface area contributed by atoms with Gasteiger partial charge in [0.25, 0.3) is 0 Å². The quantitative estimate of drug-likeness (QED) is 0.870. The van der Waals surface area contributed by atoms with Gasteiger partial charge in [-0.15, -0.1) is 11.8 Å². The van der Waals surface area contributed by atoms with Crippen LogP contribution in [0.4, 0.5) is 0 Å². The molecule has 1 aliphatic rings. The maximum Gasteiger partial charge on any atom is 0.319 e. The molecule has 1 heterocycles. The molecule has 0 aliphatic carbocycles. The Kier molecular flexibility index (Phi) is 5.50. The van der Waals surface area contributed by atoms with Gasteiger partial charge in [0.15, 0.2) is 0 Å². The van der Waals surface area contributed by atoms with E-state index in [0.717, 1.165) is 11.3 Å². The number of hydrogen-bond acceptors (Lipinski definition) is 5. The molecule has 1 aromatic carbocycles. The molecule has 2 rings (SSSR count). The Morgan fingerprint density at radius 3 is 2.38 bits per heavy atom. The molecule has 1 aromatic rings. The van der Waals surface area contributed by atoms with Gasteiger partial charge in [0.05, 0.1) is 14.2 Å². The minimum Gasteiger partial charge on any atom is -0.497 e. The van der Waals surface area contributed by atoms with Crippen molar-refractivity contribution in [1.29, 1.82) is 0 Å². The van der Waals surface area contributed by atoms with E-state index in [1.807, 2.05) is 29.3 Å². The summed E-state index contributed by atoms with van der Waals surface area (Å²) >= 11 is 1.51. The number of carbonyl (C=O) groups is 1. The van der Waals surface area contributed by atoms with Gasteiger partial charge >= 0.3 is 5.97 Å². The number of ether oxygens (including phenoxy) is 1. The number of benzene rings is 1. The molecule has 5 nitrogen and oxygen atoms in total. The minimum absolute atomic E-state index is 0.594. The molecule has 0 saturated carbocycles. The first-order valence-electron chi connectivity index (χ1n) is 6.89. The molecule has 6 heteroatoms. The number of nitrogens with zero attached hydrogens (tertiary/aromatic N) is 1. The van der Waals surface area contributed by atoms with Crippen LogP contribution in [0.5, 0.6) is 5.75 Å². The van der Waals surface area contributed by atoms with Gasteiger partial charge in [-0.25, -0.2) is 0 Å².